The first-order valence-electron chi connectivity index (χ1n) is 16.7. The van der Waals surface area contributed by atoms with Crippen molar-refractivity contribution in [3.8, 4) is 5.75 Å². The van der Waals surface area contributed by atoms with Crippen molar-refractivity contribution in [2.24, 2.45) is 17.8 Å². The fourth-order valence-corrected chi connectivity index (χ4v) is 10.5. The molecule has 0 aromatic heterocycles. The second-order valence-electron chi connectivity index (χ2n) is 12.7. The van der Waals surface area contributed by atoms with Gasteiger partial charge in [-0.1, -0.05) is 26.0 Å². The molecule has 1 aromatic carbocycles. The molecule has 2 bridgehead atoms. The van der Waals surface area contributed by atoms with Crippen LogP contribution in [0.4, 0.5) is 5.69 Å². The minimum atomic E-state index is -0.784. The Morgan fingerprint density at radius 1 is 1.15 bits per heavy atom. The van der Waals surface area contributed by atoms with Crippen molar-refractivity contribution >= 4 is 35.2 Å². The van der Waals surface area contributed by atoms with Crippen molar-refractivity contribution in [2.45, 2.75) is 55.7 Å². The second kappa shape index (κ2) is 14.9. The Kier molecular flexibility index (Phi) is 11.2. The molecule has 7 atom stereocenters. The second-order valence-corrected chi connectivity index (χ2v) is 14.3. The monoisotopic (exact) mass is 654 g/mol. The highest BCUT2D eigenvalue weighted by Crippen LogP contribution is 2.69. The molecule has 4 aliphatic heterocycles. The van der Waals surface area contributed by atoms with Gasteiger partial charge in [-0.2, -0.15) is 0 Å². The van der Waals surface area contributed by atoms with Crippen LogP contribution in [0.25, 0.3) is 0 Å². The Hall–Kier alpha value is -2.86. The number of benzene rings is 1. The molecule has 4 aliphatic rings. The number of likely N-dealkylation sites (tertiary alicyclic amines) is 1. The van der Waals surface area contributed by atoms with Crippen LogP contribution in [-0.2, 0) is 19.1 Å². The molecule has 4 heterocycles. The van der Waals surface area contributed by atoms with Crippen LogP contribution in [0.15, 0.2) is 49.6 Å². The maximum Gasteiger partial charge on any atom is 0.247 e. The number of carbonyl (C=O) groups is 3. The van der Waals surface area contributed by atoms with Crippen LogP contribution in [0, 0.1) is 17.8 Å². The Labute approximate surface area is 277 Å². The Bertz CT molecular complexity index is 1270. The van der Waals surface area contributed by atoms with E-state index in [4.69, 9.17) is 9.47 Å². The molecule has 5 rings (SSSR count). The number of carbonyl (C=O) groups excluding carboxylic acids is 3. The van der Waals surface area contributed by atoms with Crippen LogP contribution in [0.3, 0.4) is 0 Å². The van der Waals surface area contributed by atoms with Gasteiger partial charge in [0.15, 0.2) is 0 Å². The molecule has 4 saturated heterocycles. The number of aliphatic hydroxyl groups is 1. The van der Waals surface area contributed by atoms with Gasteiger partial charge in [0.2, 0.25) is 17.7 Å². The quantitative estimate of drug-likeness (QED) is 0.288. The topological polar surface area (TPSA) is 103 Å². The highest BCUT2D eigenvalue weighted by atomic mass is 32.2. The number of rotatable bonds is 15. The number of amides is 3. The molecule has 3 unspecified atom stereocenters. The lowest BCUT2D eigenvalue weighted by molar-refractivity contribution is -0.145. The van der Waals surface area contributed by atoms with E-state index in [1.807, 2.05) is 43.0 Å². The lowest BCUT2D eigenvalue weighted by Crippen LogP contribution is -2.60. The highest BCUT2D eigenvalue weighted by molar-refractivity contribution is 8.02. The van der Waals surface area contributed by atoms with Gasteiger partial charge in [-0.3, -0.25) is 19.3 Å². The zero-order chi connectivity index (χ0) is 33.0. The van der Waals surface area contributed by atoms with E-state index in [0.717, 1.165) is 25.3 Å². The number of ether oxygens (including phenoxy) is 2. The minimum absolute atomic E-state index is 0.0267. The van der Waals surface area contributed by atoms with Gasteiger partial charge in [0, 0.05) is 50.2 Å². The summed E-state index contributed by atoms with van der Waals surface area (Å²) in [4.78, 5) is 51.6. The molecule has 0 saturated carbocycles. The number of fused-ring (bicyclic) bond motifs is 1. The molecule has 11 heteroatoms. The van der Waals surface area contributed by atoms with Crippen molar-refractivity contribution in [1.29, 1.82) is 0 Å². The molecule has 4 fully saturated rings. The lowest BCUT2D eigenvalue weighted by atomic mass is 9.65. The van der Waals surface area contributed by atoms with E-state index < -0.39 is 28.7 Å². The summed E-state index contributed by atoms with van der Waals surface area (Å²) >= 11 is 1.66. The van der Waals surface area contributed by atoms with E-state index in [2.05, 4.69) is 25.0 Å². The molecular formula is C35H50N4O6S. The van der Waals surface area contributed by atoms with Crippen LogP contribution < -0.4 is 9.64 Å². The van der Waals surface area contributed by atoms with E-state index in [1.54, 1.807) is 33.7 Å². The number of hydrogen-bond acceptors (Lipinski definition) is 8. The Balaban J connectivity index is 1.50. The SMILES string of the molecule is C=CCN(CCN1CCOCC1)C(=O)C1N([C@@H](CC)CO)C(=O)[C@@H]2[C@H](C(=O)N(CC=C)c3ccc(OCC)cc3)[C@@H]3CC(C)C12S3. The first-order chi connectivity index (χ1) is 22.3. The third-order valence-corrected chi connectivity index (χ3v) is 12.3. The number of hydrogen-bond donors (Lipinski definition) is 1. The number of anilines is 1. The van der Waals surface area contributed by atoms with Crippen molar-refractivity contribution in [3.05, 3.63) is 49.6 Å². The molecule has 0 radical (unpaired) electrons. The van der Waals surface area contributed by atoms with Crippen molar-refractivity contribution in [2.75, 3.05) is 70.6 Å². The van der Waals surface area contributed by atoms with Crippen LogP contribution in [0.2, 0.25) is 0 Å². The maximum atomic E-state index is 14.8. The standard InChI is InChI=1S/C35H50N4O6S/c1-6-14-37(17-16-36-18-20-44-21-19-36)34(43)31-35-24(5)22-28(46-35)29(30(35)33(42)39(31)25(8-3)23-40)32(41)38(15-7-2)26-10-12-27(13-11-26)45-9-4/h6-7,10-13,24-25,28-31,40H,1-2,8-9,14-23H2,3-5H3/t24?,25-,28-,29+,30-,31?,35?/m0/s1. The first-order valence-corrected chi connectivity index (χ1v) is 17.6. The predicted molar refractivity (Wildman–Crippen MR) is 181 cm³/mol. The van der Waals surface area contributed by atoms with Crippen LogP contribution in [0.1, 0.15) is 33.6 Å². The molecule has 252 valence electrons. The average Bonchev–Trinajstić information content (AvgIpc) is 3.67. The fraction of sp³-hybridized carbons (Fsp3) is 0.629. The van der Waals surface area contributed by atoms with Gasteiger partial charge in [-0.15, -0.1) is 24.9 Å². The van der Waals surface area contributed by atoms with Crippen LogP contribution >= 0.6 is 11.8 Å². The van der Waals surface area contributed by atoms with Gasteiger partial charge in [0.25, 0.3) is 0 Å². The van der Waals surface area contributed by atoms with Gasteiger partial charge < -0.3 is 29.3 Å². The molecule has 10 nitrogen and oxygen atoms in total. The van der Waals surface area contributed by atoms with Gasteiger partial charge in [0.1, 0.15) is 11.8 Å². The van der Waals surface area contributed by atoms with Crippen molar-refractivity contribution < 1.29 is 29.0 Å². The summed E-state index contributed by atoms with van der Waals surface area (Å²) in [7, 11) is 0. The lowest BCUT2D eigenvalue weighted by Gasteiger charge is -2.42. The summed E-state index contributed by atoms with van der Waals surface area (Å²) in [6.07, 6.45) is 4.66. The van der Waals surface area contributed by atoms with Crippen LogP contribution in [-0.4, -0.2) is 125 Å². The molecule has 1 N–H and O–H groups in total. The van der Waals surface area contributed by atoms with Crippen molar-refractivity contribution in [1.82, 2.24) is 14.7 Å². The van der Waals surface area contributed by atoms with Gasteiger partial charge in [-0.05, 0) is 49.9 Å². The molecular weight excluding hydrogens is 604 g/mol. The minimum Gasteiger partial charge on any atom is -0.494 e. The van der Waals surface area contributed by atoms with Gasteiger partial charge in [0.05, 0.1) is 49.1 Å². The summed E-state index contributed by atoms with van der Waals surface area (Å²) in [5.41, 5.74) is 0.709. The largest absolute Gasteiger partial charge is 0.494 e. The summed E-state index contributed by atoms with van der Waals surface area (Å²) < 4.78 is 10.3. The normalized spacial score (nSPS) is 29.3. The van der Waals surface area contributed by atoms with E-state index in [9.17, 15) is 19.5 Å². The maximum absolute atomic E-state index is 14.8. The van der Waals surface area contributed by atoms with Gasteiger partial charge in [-0.25, -0.2) is 0 Å². The number of thioether (sulfide) groups is 1. The summed E-state index contributed by atoms with van der Waals surface area (Å²) in [6, 6.07) is 6.10. The summed E-state index contributed by atoms with van der Waals surface area (Å²) in [5.74, 6) is -0.982. The number of morpholine rings is 1. The third kappa shape index (κ3) is 6.11. The molecule has 1 spiro atoms. The van der Waals surface area contributed by atoms with E-state index in [1.165, 1.54) is 0 Å². The van der Waals surface area contributed by atoms with Crippen LogP contribution in [0.5, 0.6) is 5.75 Å². The zero-order valence-corrected chi connectivity index (χ0v) is 28.3. The molecule has 46 heavy (non-hydrogen) atoms. The zero-order valence-electron chi connectivity index (χ0n) is 27.5. The van der Waals surface area contributed by atoms with E-state index in [0.29, 0.717) is 58.1 Å². The smallest absolute Gasteiger partial charge is 0.247 e. The Morgan fingerprint density at radius 2 is 1.85 bits per heavy atom. The third-order valence-electron chi connectivity index (χ3n) is 10.3. The summed E-state index contributed by atoms with van der Waals surface area (Å²) in [5, 5.41) is 10.4. The molecule has 3 amide bonds. The highest BCUT2D eigenvalue weighted by Gasteiger charge is 2.77. The Morgan fingerprint density at radius 3 is 2.46 bits per heavy atom. The molecule has 1 aromatic rings. The fourth-order valence-electron chi connectivity index (χ4n) is 8.06. The summed E-state index contributed by atoms with van der Waals surface area (Å²) in [6.45, 7) is 18.9. The van der Waals surface area contributed by atoms with E-state index >= 15 is 0 Å². The molecule has 0 aliphatic carbocycles. The average molecular weight is 655 g/mol. The van der Waals surface area contributed by atoms with Crippen molar-refractivity contribution in [3.63, 3.8) is 0 Å². The number of nitrogens with zero attached hydrogens (tertiary/aromatic N) is 4. The first kappa shape index (κ1) is 34.5. The number of aliphatic hydroxyl groups excluding tert-OH is 1. The predicted octanol–water partition coefficient (Wildman–Crippen LogP) is 3.06. The van der Waals surface area contributed by atoms with E-state index in [-0.39, 0.29) is 35.5 Å². The van der Waals surface area contributed by atoms with Gasteiger partial charge >= 0.3 is 0 Å².